The van der Waals surface area contributed by atoms with Crippen LogP contribution in [0.4, 0.5) is 0 Å². The zero-order valence-electron chi connectivity index (χ0n) is 10.8. The third-order valence-corrected chi connectivity index (χ3v) is 5.64. The molecule has 3 saturated carbocycles. The van der Waals surface area contributed by atoms with E-state index in [0.717, 1.165) is 29.5 Å². The summed E-state index contributed by atoms with van der Waals surface area (Å²) in [7, 11) is 0. The fraction of sp³-hybridized carbons (Fsp3) is 0.923. The van der Waals surface area contributed by atoms with Crippen LogP contribution >= 0.6 is 0 Å². The van der Waals surface area contributed by atoms with Gasteiger partial charge in [-0.15, -0.1) is 10.2 Å². The predicted molar refractivity (Wildman–Crippen MR) is 66.6 cm³/mol. The van der Waals surface area contributed by atoms with Gasteiger partial charge in [-0.1, -0.05) is 11.6 Å². The molecule has 4 rings (SSSR count). The van der Waals surface area contributed by atoms with Gasteiger partial charge >= 0.3 is 0 Å². The number of nitrogens with zero attached hydrogens (tertiary/aromatic N) is 3. The Kier molecular flexibility index (Phi) is 2.43. The van der Waals surface area contributed by atoms with Gasteiger partial charge in [0.2, 0.25) is 0 Å². The van der Waals surface area contributed by atoms with Gasteiger partial charge in [0.1, 0.15) is 0 Å². The topological polar surface area (TPSA) is 66.5 Å². The van der Waals surface area contributed by atoms with Gasteiger partial charge in [0.25, 0.3) is 0 Å². The molecule has 0 amide bonds. The molecule has 3 aliphatic rings. The van der Waals surface area contributed by atoms with Crippen LogP contribution in [0.5, 0.6) is 0 Å². The normalized spacial score (nSPS) is 43.3. The molecular weight excluding hydrogens is 226 g/mol. The van der Waals surface area contributed by atoms with Gasteiger partial charge in [-0.3, -0.25) is 0 Å². The summed E-state index contributed by atoms with van der Waals surface area (Å²) in [6.45, 7) is 2.14. The Balaban J connectivity index is 1.45. The Hall–Kier alpha value is -0.970. The van der Waals surface area contributed by atoms with Crippen molar-refractivity contribution in [3.8, 4) is 0 Å². The maximum atomic E-state index is 4.08. The molecule has 3 aliphatic carbocycles. The van der Waals surface area contributed by atoms with E-state index in [1.165, 1.54) is 32.1 Å². The minimum atomic E-state index is 0.216. The summed E-state index contributed by atoms with van der Waals surface area (Å²) in [5, 5.41) is 18.1. The highest BCUT2D eigenvalue weighted by Crippen LogP contribution is 2.58. The zero-order chi connectivity index (χ0) is 12.1. The van der Waals surface area contributed by atoms with E-state index in [0.29, 0.717) is 6.04 Å². The molecule has 6 atom stereocenters. The highest BCUT2D eigenvalue weighted by atomic mass is 15.5. The highest BCUT2D eigenvalue weighted by molar-refractivity contribution is 5.06. The number of aromatic amines is 1. The molecule has 98 valence electrons. The predicted octanol–water partition coefficient (Wildman–Crippen LogP) is 1.67. The third kappa shape index (κ3) is 1.53. The lowest BCUT2D eigenvalue weighted by atomic mass is 9.79. The van der Waals surface area contributed by atoms with Crippen LogP contribution in [0.1, 0.15) is 50.9 Å². The Morgan fingerprint density at radius 2 is 2.11 bits per heavy atom. The molecule has 1 heterocycles. The summed E-state index contributed by atoms with van der Waals surface area (Å²) in [5.41, 5.74) is 0. The van der Waals surface area contributed by atoms with Crippen molar-refractivity contribution in [2.45, 2.75) is 51.1 Å². The summed E-state index contributed by atoms with van der Waals surface area (Å²) in [6, 6.07) is 0.899. The van der Waals surface area contributed by atoms with Crippen LogP contribution in [0, 0.1) is 23.7 Å². The molecule has 0 spiro atoms. The Labute approximate surface area is 107 Å². The Bertz CT molecular complexity index is 417. The number of hydrogen-bond donors (Lipinski definition) is 2. The smallest absolute Gasteiger partial charge is 0.191 e. The molecule has 3 fully saturated rings. The largest absolute Gasteiger partial charge is 0.304 e. The molecule has 0 aliphatic heterocycles. The van der Waals surface area contributed by atoms with E-state index in [4.69, 9.17) is 0 Å². The molecule has 18 heavy (non-hydrogen) atoms. The summed E-state index contributed by atoms with van der Waals surface area (Å²) >= 11 is 0. The van der Waals surface area contributed by atoms with E-state index >= 15 is 0 Å². The summed E-state index contributed by atoms with van der Waals surface area (Å²) in [6.07, 6.45) is 7.27. The molecule has 0 radical (unpaired) electrons. The quantitative estimate of drug-likeness (QED) is 0.852. The van der Waals surface area contributed by atoms with Crippen molar-refractivity contribution in [1.29, 1.82) is 0 Å². The summed E-state index contributed by atoms with van der Waals surface area (Å²) < 4.78 is 0. The standard InChI is InChI=1S/C13H21N5/c1-7(13-15-17-18-16-13)14-12-6-8-5-11(12)10-4-2-3-9(8)10/h7-12,14H,2-6H2,1H3,(H,15,16,17,18). The first-order chi connectivity index (χ1) is 8.83. The number of rotatable bonds is 3. The van der Waals surface area contributed by atoms with Crippen LogP contribution in [0.15, 0.2) is 0 Å². The van der Waals surface area contributed by atoms with Gasteiger partial charge in [0.15, 0.2) is 5.82 Å². The highest BCUT2D eigenvalue weighted by Gasteiger charge is 2.53. The van der Waals surface area contributed by atoms with Crippen molar-refractivity contribution < 1.29 is 0 Å². The second-order valence-electron chi connectivity index (χ2n) is 6.42. The lowest BCUT2D eigenvalue weighted by Crippen LogP contribution is -2.40. The van der Waals surface area contributed by atoms with E-state index in [1.54, 1.807) is 0 Å². The average molecular weight is 247 g/mol. The van der Waals surface area contributed by atoms with Crippen LogP contribution in [0.3, 0.4) is 0 Å². The fourth-order valence-electron chi connectivity index (χ4n) is 5.01. The van der Waals surface area contributed by atoms with Gasteiger partial charge < -0.3 is 5.32 Å². The fourth-order valence-corrected chi connectivity index (χ4v) is 5.01. The Morgan fingerprint density at radius 1 is 1.22 bits per heavy atom. The molecule has 2 bridgehead atoms. The van der Waals surface area contributed by atoms with Crippen molar-refractivity contribution in [3.63, 3.8) is 0 Å². The number of hydrogen-bond acceptors (Lipinski definition) is 4. The van der Waals surface area contributed by atoms with Crippen LogP contribution < -0.4 is 5.32 Å². The number of aromatic nitrogens is 4. The minimum absolute atomic E-state index is 0.216. The van der Waals surface area contributed by atoms with Crippen LogP contribution in [-0.2, 0) is 0 Å². The zero-order valence-corrected chi connectivity index (χ0v) is 10.8. The first kappa shape index (κ1) is 10.9. The number of fused-ring (bicyclic) bond motifs is 5. The van der Waals surface area contributed by atoms with Crippen LogP contribution in [0.2, 0.25) is 0 Å². The summed E-state index contributed by atoms with van der Waals surface area (Å²) in [4.78, 5) is 0. The first-order valence-electron chi connectivity index (χ1n) is 7.32. The van der Waals surface area contributed by atoms with Gasteiger partial charge in [-0.2, -0.15) is 5.21 Å². The van der Waals surface area contributed by atoms with Crippen molar-refractivity contribution in [2.24, 2.45) is 23.7 Å². The second-order valence-corrected chi connectivity index (χ2v) is 6.42. The maximum Gasteiger partial charge on any atom is 0.191 e. The SMILES string of the molecule is CC(NC1CC2CC1C1CCCC21)c1nn[nH]n1. The number of nitrogens with one attached hydrogen (secondary N) is 2. The average Bonchev–Trinajstić information content (AvgIpc) is 3.11. The second kappa shape index (κ2) is 4.02. The summed E-state index contributed by atoms with van der Waals surface area (Å²) in [5.74, 6) is 4.78. The van der Waals surface area contributed by atoms with Crippen molar-refractivity contribution in [1.82, 2.24) is 25.9 Å². The molecule has 1 aromatic heterocycles. The van der Waals surface area contributed by atoms with Crippen LogP contribution in [-0.4, -0.2) is 26.7 Å². The monoisotopic (exact) mass is 247 g/mol. The van der Waals surface area contributed by atoms with Crippen LogP contribution in [0.25, 0.3) is 0 Å². The molecule has 2 N–H and O–H groups in total. The van der Waals surface area contributed by atoms with E-state index in [1.807, 2.05) is 0 Å². The molecule has 5 heteroatoms. The van der Waals surface area contributed by atoms with E-state index in [-0.39, 0.29) is 6.04 Å². The number of H-pyrrole nitrogens is 1. The van der Waals surface area contributed by atoms with Gasteiger partial charge in [-0.25, -0.2) is 0 Å². The molecular formula is C13H21N5. The van der Waals surface area contributed by atoms with Gasteiger partial charge in [0.05, 0.1) is 6.04 Å². The molecule has 0 aromatic carbocycles. The Morgan fingerprint density at radius 3 is 2.94 bits per heavy atom. The first-order valence-corrected chi connectivity index (χ1v) is 7.32. The maximum absolute atomic E-state index is 4.08. The third-order valence-electron chi connectivity index (χ3n) is 5.64. The van der Waals surface area contributed by atoms with Crippen molar-refractivity contribution in [2.75, 3.05) is 0 Å². The van der Waals surface area contributed by atoms with Gasteiger partial charge in [-0.05, 0) is 56.3 Å². The van der Waals surface area contributed by atoms with Crippen molar-refractivity contribution in [3.05, 3.63) is 5.82 Å². The van der Waals surface area contributed by atoms with E-state index < -0.39 is 0 Å². The van der Waals surface area contributed by atoms with E-state index in [2.05, 4.69) is 32.9 Å². The lowest BCUT2D eigenvalue weighted by molar-refractivity contribution is 0.199. The minimum Gasteiger partial charge on any atom is -0.304 e. The van der Waals surface area contributed by atoms with Crippen molar-refractivity contribution >= 4 is 0 Å². The van der Waals surface area contributed by atoms with E-state index in [9.17, 15) is 0 Å². The molecule has 1 aromatic rings. The molecule has 5 nitrogen and oxygen atoms in total. The van der Waals surface area contributed by atoms with Gasteiger partial charge in [0, 0.05) is 6.04 Å². The number of tetrazole rings is 1. The molecule has 6 unspecified atom stereocenters. The lowest BCUT2D eigenvalue weighted by Gasteiger charge is -2.33. The molecule has 0 saturated heterocycles.